The average molecular weight is 424 g/mol. The maximum Gasteiger partial charge on any atom is 0.258 e. The molecule has 0 aliphatic carbocycles. The van der Waals surface area contributed by atoms with Crippen LogP contribution in [0.4, 0.5) is 23.1 Å². The molecule has 2 amide bonds. The van der Waals surface area contributed by atoms with Crippen LogP contribution in [0.15, 0.2) is 53.3 Å². The number of hydrogen-bond donors (Lipinski definition) is 4. The van der Waals surface area contributed by atoms with Crippen LogP contribution in [0, 0.1) is 6.92 Å². The lowest BCUT2D eigenvalue weighted by Crippen LogP contribution is -2.36. The van der Waals surface area contributed by atoms with Gasteiger partial charge in [0.2, 0.25) is 17.8 Å². The van der Waals surface area contributed by atoms with E-state index in [0.29, 0.717) is 16.4 Å². The van der Waals surface area contributed by atoms with E-state index in [1.807, 2.05) is 37.3 Å². The van der Waals surface area contributed by atoms with Gasteiger partial charge in [0.05, 0.1) is 11.5 Å². The Labute approximate surface area is 176 Å². The molecule has 0 saturated carbocycles. The molecule has 4 rings (SSSR count). The van der Waals surface area contributed by atoms with Crippen molar-refractivity contribution in [2.45, 2.75) is 19.3 Å². The molecule has 1 atom stereocenters. The molecule has 9 heteroatoms. The summed E-state index contributed by atoms with van der Waals surface area (Å²) in [6, 6.07) is 14.2. The number of anilines is 4. The largest absolute Gasteiger partial charge is 0.326 e. The molecule has 3 aromatic rings. The van der Waals surface area contributed by atoms with Crippen LogP contribution < -0.4 is 21.5 Å². The number of rotatable bonds is 4. The highest BCUT2D eigenvalue weighted by atomic mass is 35.5. The molecule has 0 radical (unpaired) electrons. The molecule has 4 N–H and O–H groups in total. The van der Waals surface area contributed by atoms with Crippen LogP contribution >= 0.6 is 11.6 Å². The van der Waals surface area contributed by atoms with Crippen molar-refractivity contribution in [3.63, 3.8) is 0 Å². The predicted octanol–water partition coefficient (Wildman–Crippen LogP) is 3.54. The number of amides is 2. The van der Waals surface area contributed by atoms with Crippen molar-refractivity contribution in [2.24, 2.45) is 0 Å². The van der Waals surface area contributed by atoms with Gasteiger partial charge in [0.1, 0.15) is 5.82 Å². The zero-order chi connectivity index (χ0) is 21.3. The fourth-order valence-electron chi connectivity index (χ4n) is 3.26. The first-order chi connectivity index (χ1) is 14.4. The van der Waals surface area contributed by atoms with Crippen molar-refractivity contribution in [1.82, 2.24) is 9.97 Å². The summed E-state index contributed by atoms with van der Waals surface area (Å²) in [6.45, 7) is 1.82. The van der Waals surface area contributed by atoms with Gasteiger partial charge in [0, 0.05) is 22.8 Å². The highest BCUT2D eigenvalue weighted by Gasteiger charge is 2.35. The monoisotopic (exact) mass is 423 g/mol. The molecule has 152 valence electrons. The number of carbonyl (C=O) groups is 2. The van der Waals surface area contributed by atoms with Gasteiger partial charge in [-0.15, -0.1) is 0 Å². The maximum absolute atomic E-state index is 12.9. The third-order valence-corrected chi connectivity index (χ3v) is 5.00. The Morgan fingerprint density at radius 1 is 1.17 bits per heavy atom. The first-order valence-electron chi connectivity index (χ1n) is 9.24. The molecule has 0 spiro atoms. The number of aryl methyl sites for hydroxylation is 1. The summed E-state index contributed by atoms with van der Waals surface area (Å²) >= 11 is 6.01. The number of aromatic nitrogens is 2. The molecule has 2 heterocycles. The lowest BCUT2D eigenvalue weighted by molar-refractivity contribution is -0.123. The molecule has 0 saturated heterocycles. The summed E-state index contributed by atoms with van der Waals surface area (Å²) in [6.07, 6.45) is -0.158. The van der Waals surface area contributed by atoms with Gasteiger partial charge in [0.15, 0.2) is 0 Å². The van der Waals surface area contributed by atoms with Crippen LogP contribution in [0.1, 0.15) is 23.5 Å². The summed E-state index contributed by atoms with van der Waals surface area (Å²) in [5.41, 5.74) is 1.66. The zero-order valence-corrected chi connectivity index (χ0v) is 16.7. The Morgan fingerprint density at radius 3 is 2.70 bits per heavy atom. The Bertz CT molecular complexity index is 1190. The number of halogens is 1. The smallest absolute Gasteiger partial charge is 0.258 e. The van der Waals surface area contributed by atoms with Crippen molar-refractivity contribution >= 4 is 46.6 Å². The molecule has 30 heavy (non-hydrogen) atoms. The summed E-state index contributed by atoms with van der Waals surface area (Å²) in [7, 11) is 0. The second-order valence-electron chi connectivity index (χ2n) is 6.92. The number of H-pyrrole nitrogens is 1. The van der Waals surface area contributed by atoms with Gasteiger partial charge in [-0.3, -0.25) is 19.4 Å². The third kappa shape index (κ3) is 4.04. The molecule has 0 bridgehead atoms. The molecule has 8 nitrogen and oxygen atoms in total. The summed E-state index contributed by atoms with van der Waals surface area (Å²) in [5, 5.41) is 8.79. The average Bonchev–Trinajstić information content (AvgIpc) is 2.70. The molecule has 0 unspecified atom stereocenters. The van der Waals surface area contributed by atoms with E-state index in [1.165, 1.54) is 0 Å². The van der Waals surface area contributed by atoms with Gasteiger partial charge < -0.3 is 16.0 Å². The number of nitrogens with zero attached hydrogens (tertiary/aromatic N) is 1. The fourth-order valence-corrected chi connectivity index (χ4v) is 3.43. The standard InChI is InChI=1S/C21H18ClN5O3/c1-11-7-8-12(22)9-15(11)24-19(29)14-10-16(28)25-18-17(14)20(30)27-21(26-18)23-13-5-3-2-4-6-13/h2-9,14H,10H2,1H3,(H,24,29)(H3,23,25,26,27,28,30)/t14-/m1/s1. The number of fused-ring (bicyclic) bond motifs is 1. The first kappa shape index (κ1) is 19.7. The fraction of sp³-hybridized carbons (Fsp3) is 0.143. The van der Waals surface area contributed by atoms with Crippen molar-refractivity contribution in [3.05, 3.63) is 75.0 Å². The van der Waals surface area contributed by atoms with Crippen molar-refractivity contribution < 1.29 is 9.59 Å². The van der Waals surface area contributed by atoms with Gasteiger partial charge >= 0.3 is 0 Å². The summed E-state index contributed by atoms with van der Waals surface area (Å²) in [5.74, 6) is -1.62. The van der Waals surface area contributed by atoms with E-state index in [9.17, 15) is 14.4 Å². The van der Waals surface area contributed by atoms with Gasteiger partial charge in [-0.1, -0.05) is 35.9 Å². The SMILES string of the molecule is Cc1ccc(Cl)cc1NC(=O)[C@@H]1CC(=O)Nc2nc(Nc3ccccc3)[nH]c(=O)c21. The van der Waals surface area contributed by atoms with E-state index < -0.39 is 23.3 Å². The molecule has 1 aromatic heterocycles. The lowest BCUT2D eigenvalue weighted by Gasteiger charge is -2.24. The van der Waals surface area contributed by atoms with E-state index in [1.54, 1.807) is 18.2 Å². The normalized spacial score (nSPS) is 15.1. The number of aromatic amines is 1. The van der Waals surface area contributed by atoms with E-state index >= 15 is 0 Å². The second kappa shape index (κ2) is 8.00. The minimum atomic E-state index is -0.978. The third-order valence-electron chi connectivity index (χ3n) is 4.76. The Kier molecular flexibility index (Phi) is 5.24. The van der Waals surface area contributed by atoms with Crippen LogP contribution in [0.25, 0.3) is 0 Å². The van der Waals surface area contributed by atoms with Crippen LogP contribution in [-0.4, -0.2) is 21.8 Å². The number of benzene rings is 2. The van der Waals surface area contributed by atoms with Crippen LogP contribution in [0.5, 0.6) is 0 Å². The maximum atomic E-state index is 12.9. The van der Waals surface area contributed by atoms with Crippen LogP contribution in [-0.2, 0) is 9.59 Å². The van der Waals surface area contributed by atoms with Crippen molar-refractivity contribution in [1.29, 1.82) is 0 Å². The van der Waals surface area contributed by atoms with E-state index in [0.717, 1.165) is 5.56 Å². The molecule has 2 aromatic carbocycles. The molecular weight excluding hydrogens is 406 g/mol. The van der Waals surface area contributed by atoms with E-state index in [4.69, 9.17) is 11.6 Å². The minimum Gasteiger partial charge on any atom is -0.326 e. The van der Waals surface area contributed by atoms with Gasteiger partial charge in [-0.2, -0.15) is 4.98 Å². The minimum absolute atomic E-state index is 0.0661. The van der Waals surface area contributed by atoms with Gasteiger partial charge in [0.25, 0.3) is 5.56 Å². The summed E-state index contributed by atoms with van der Waals surface area (Å²) < 4.78 is 0. The molecular formula is C21H18ClN5O3. The number of nitrogens with one attached hydrogen (secondary N) is 4. The van der Waals surface area contributed by atoms with E-state index in [-0.39, 0.29) is 23.8 Å². The van der Waals surface area contributed by atoms with Crippen molar-refractivity contribution in [2.75, 3.05) is 16.0 Å². The molecule has 0 fully saturated rings. The number of carbonyl (C=O) groups excluding carboxylic acids is 2. The molecule has 1 aliphatic rings. The molecule has 1 aliphatic heterocycles. The Balaban J connectivity index is 1.66. The van der Waals surface area contributed by atoms with Crippen LogP contribution in [0.2, 0.25) is 5.02 Å². The lowest BCUT2D eigenvalue weighted by atomic mass is 9.92. The second-order valence-corrected chi connectivity index (χ2v) is 7.36. The highest BCUT2D eigenvalue weighted by Crippen LogP contribution is 2.31. The quantitative estimate of drug-likeness (QED) is 0.512. The van der Waals surface area contributed by atoms with Gasteiger partial charge in [-0.25, -0.2) is 0 Å². The predicted molar refractivity (Wildman–Crippen MR) is 115 cm³/mol. The zero-order valence-electron chi connectivity index (χ0n) is 16.0. The number of hydrogen-bond acceptors (Lipinski definition) is 5. The first-order valence-corrected chi connectivity index (χ1v) is 9.61. The Morgan fingerprint density at radius 2 is 1.93 bits per heavy atom. The highest BCUT2D eigenvalue weighted by molar-refractivity contribution is 6.31. The van der Waals surface area contributed by atoms with Gasteiger partial charge in [-0.05, 0) is 36.8 Å². The topological polar surface area (TPSA) is 116 Å². The van der Waals surface area contributed by atoms with Crippen molar-refractivity contribution in [3.8, 4) is 0 Å². The Hall–Kier alpha value is -3.65. The summed E-state index contributed by atoms with van der Waals surface area (Å²) in [4.78, 5) is 44.9. The number of para-hydroxylation sites is 1. The van der Waals surface area contributed by atoms with E-state index in [2.05, 4.69) is 25.9 Å². The van der Waals surface area contributed by atoms with Crippen LogP contribution in [0.3, 0.4) is 0 Å².